The lowest BCUT2D eigenvalue weighted by atomic mass is 9.99. The fourth-order valence-electron chi connectivity index (χ4n) is 3.86. The Morgan fingerprint density at radius 3 is 2.35 bits per heavy atom. The summed E-state index contributed by atoms with van der Waals surface area (Å²) in [5.41, 5.74) is 5.69. The van der Waals surface area contributed by atoms with E-state index < -0.39 is 16.1 Å². The number of urea groups is 1. The van der Waals surface area contributed by atoms with Gasteiger partial charge in [0.2, 0.25) is 16.4 Å². The van der Waals surface area contributed by atoms with Crippen molar-refractivity contribution in [3.63, 3.8) is 0 Å². The van der Waals surface area contributed by atoms with Crippen molar-refractivity contribution in [2.45, 2.75) is 44.9 Å². The van der Waals surface area contributed by atoms with E-state index in [1.807, 2.05) is 0 Å². The molecule has 2 N–H and O–H groups in total. The summed E-state index contributed by atoms with van der Waals surface area (Å²) in [6, 6.07) is 1.55. The number of nitrogens with zero attached hydrogens (tertiary/aromatic N) is 1. The van der Waals surface area contributed by atoms with E-state index in [1.54, 1.807) is 7.05 Å². The third kappa shape index (κ3) is 4.17. The normalized spacial score (nSPS) is 15.3. The Balaban J connectivity index is 1.66. The molecule has 0 spiro atoms. The first kappa shape index (κ1) is 18.7. The van der Waals surface area contributed by atoms with Gasteiger partial charge in [0.1, 0.15) is 0 Å². The molecule has 1 aromatic rings. The van der Waals surface area contributed by atoms with Crippen LogP contribution < -0.4 is 10.0 Å². The van der Waals surface area contributed by atoms with E-state index >= 15 is 0 Å². The van der Waals surface area contributed by atoms with Crippen LogP contribution in [0.25, 0.3) is 0 Å². The number of hydrogen-bond donors (Lipinski definition) is 2. The van der Waals surface area contributed by atoms with Crippen LogP contribution in [0.15, 0.2) is 6.07 Å². The van der Waals surface area contributed by atoms with Crippen molar-refractivity contribution in [1.82, 2.24) is 9.62 Å². The van der Waals surface area contributed by atoms with Crippen molar-refractivity contribution in [2.24, 2.45) is 0 Å². The van der Waals surface area contributed by atoms with Crippen LogP contribution in [0.4, 0.5) is 10.5 Å². The van der Waals surface area contributed by atoms with Gasteiger partial charge < -0.3 is 10.2 Å². The molecule has 2 aliphatic rings. The van der Waals surface area contributed by atoms with E-state index in [-0.39, 0.29) is 12.2 Å². The average molecular weight is 379 g/mol. The first-order valence-corrected chi connectivity index (χ1v) is 10.7. The lowest BCUT2D eigenvalue weighted by molar-refractivity contribution is -0.117. The first-order chi connectivity index (χ1) is 12.4. The third-order valence-electron chi connectivity index (χ3n) is 5.06. The molecule has 0 aliphatic heterocycles. The van der Waals surface area contributed by atoms with Crippen LogP contribution in [-0.2, 0) is 40.5 Å². The van der Waals surface area contributed by atoms with Crippen LogP contribution in [0.3, 0.4) is 0 Å². The standard InChI is InChI=1S/C18H25N3O4S/c1-21(12-22)9-4-10-26(24,25)20-18(23)19-17-15-7-2-5-13(15)11-14-6-3-8-16(14)17/h11-12H,2-10H2,1H3,(H2,19,20,23). The number of sulfonamides is 1. The molecule has 3 amide bonds. The highest BCUT2D eigenvalue weighted by molar-refractivity contribution is 7.90. The zero-order valence-corrected chi connectivity index (χ0v) is 15.8. The maximum Gasteiger partial charge on any atom is 0.332 e. The minimum atomic E-state index is -3.74. The van der Waals surface area contributed by atoms with Gasteiger partial charge in [-0.3, -0.25) is 4.79 Å². The van der Waals surface area contributed by atoms with Crippen molar-refractivity contribution in [3.05, 3.63) is 28.3 Å². The molecule has 2 aliphatic carbocycles. The molecule has 0 bridgehead atoms. The van der Waals surface area contributed by atoms with E-state index in [2.05, 4.69) is 16.1 Å². The number of amides is 3. The average Bonchev–Trinajstić information content (AvgIpc) is 3.22. The lowest BCUT2D eigenvalue weighted by Crippen LogP contribution is -2.37. The fourth-order valence-corrected chi connectivity index (χ4v) is 4.80. The number of anilines is 1. The Bertz CT molecular complexity index is 788. The molecule has 8 heteroatoms. The largest absolute Gasteiger partial charge is 0.348 e. The first-order valence-electron chi connectivity index (χ1n) is 9.03. The monoisotopic (exact) mass is 379 g/mol. The molecule has 7 nitrogen and oxygen atoms in total. The van der Waals surface area contributed by atoms with Crippen LogP contribution in [-0.4, -0.2) is 45.1 Å². The van der Waals surface area contributed by atoms with Gasteiger partial charge >= 0.3 is 6.03 Å². The van der Waals surface area contributed by atoms with Crippen LogP contribution in [0, 0.1) is 0 Å². The molecular weight excluding hydrogens is 354 g/mol. The van der Waals surface area contributed by atoms with Gasteiger partial charge in [0.15, 0.2) is 0 Å². The van der Waals surface area contributed by atoms with Crippen LogP contribution in [0.1, 0.15) is 41.5 Å². The summed E-state index contributed by atoms with van der Waals surface area (Å²) in [4.78, 5) is 24.2. The summed E-state index contributed by atoms with van der Waals surface area (Å²) >= 11 is 0. The van der Waals surface area contributed by atoms with Crippen molar-refractivity contribution in [3.8, 4) is 0 Å². The van der Waals surface area contributed by atoms with Crippen LogP contribution in [0.2, 0.25) is 0 Å². The molecule has 0 radical (unpaired) electrons. The van der Waals surface area contributed by atoms with Gasteiger partial charge in [0.05, 0.1) is 5.75 Å². The zero-order chi connectivity index (χ0) is 18.7. The van der Waals surface area contributed by atoms with Gasteiger partial charge in [0, 0.05) is 19.3 Å². The zero-order valence-electron chi connectivity index (χ0n) is 15.0. The van der Waals surface area contributed by atoms with Gasteiger partial charge in [-0.1, -0.05) is 6.07 Å². The number of fused-ring (bicyclic) bond motifs is 2. The number of carbonyl (C=O) groups is 2. The van der Waals surface area contributed by atoms with Gasteiger partial charge in [-0.05, 0) is 67.2 Å². The molecule has 0 atom stereocenters. The molecule has 3 rings (SSSR count). The minimum absolute atomic E-state index is 0.205. The second-order valence-corrected chi connectivity index (χ2v) is 8.89. The minimum Gasteiger partial charge on any atom is -0.348 e. The number of aryl methyl sites for hydroxylation is 2. The van der Waals surface area contributed by atoms with E-state index in [0.29, 0.717) is 13.0 Å². The number of hydrogen-bond acceptors (Lipinski definition) is 4. The molecule has 0 fully saturated rings. The Hall–Kier alpha value is -2.09. The van der Waals surface area contributed by atoms with Gasteiger partial charge in [-0.25, -0.2) is 17.9 Å². The van der Waals surface area contributed by atoms with E-state index in [9.17, 15) is 18.0 Å². The summed E-state index contributed by atoms with van der Waals surface area (Å²) in [6.07, 6.45) is 6.92. The Morgan fingerprint density at radius 1 is 1.15 bits per heavy atom. The molecule has 0 unspecified atom stereocenters. The summed E-state index contributed by atoms with van der Waals surface area (Å²) in [5, 5.41) is 2.81. The molecule has 0 aromatic heterocycles. The van der Waals surface area contributed by atoms with Gasteiger partial charge in [0.25, 0.3) is 0 Å². The fraction of sp³-hybridized carbons (Fsp3) is 0.556. The molecular formula is C18H25N3O4S. The molecule has 26 heavy (non-hydrogen) atoms. The summed E-state index contributed by atoms with van der Waals surface area (Å²) in [5.74, 6) is -0.205. The predicted octanol–water partition coefficient (Wildman–Crippen LogP) is 1.59. The van der Waals surface area contributed by atoms with Gasteiger partial charge in [-0.15, -0.1) is 0 Å². The summed E-state index contributed by atoms with van der Waals surface area (Å²) in [7, 11) is -2.16. The Labute approximate surface area is 154 Å². The summed E-state index contributed by atoms with van der Waals surface area (Å²) in [6.45, 7) is 0.325. The van der Waals surface area contributed by atoms with Crippen LogP contribution in [0.5, 0.6) is 0 Å². The molecule has 0 heterocycles. The predicted molar refractivity (Wildman–Crippen MR) is 99.7 cm³/mol. The second kappa shape index (κ2) is 7.65. The molecule has 0 saturated heterocycles. The highest BCUT2D eigenvalue weighted by Crippen LogP contribution is 2.38. The number of rotatable bonds is 7. The topological polar surface area (TPSA) is 95.6 Å². The van der Waals surface area contributed by atoms with E-state index in [1.165, 1.54) is 16.0 Å². The third-order valence-corrected chi connectivity index (χ3v) is 6.39. The quantitative estimate of drug-likeness (QED) is 0.704. The van der Waals surface area contributed by atoms with Crippen molar-refractivity contribution in [2.75, 3.05) is 24.7 Å². The van der Waals surface area contributed by atoms with E-state index in [0.717, 1.165) is 55.3 Å². The maximum absolute atomic E-state index is 12.3. The van der Waals surface area contributed by atoms with Crippen molar-refractivity contribution >= 4 is 28.2 Å². The highest BCUT2D eigenvalue weighted by atomic mass is 32.2. The molecule has 1 aromatic carbocycles. The second-order valence-electron chi connectivity index (χ2n) is 7.05. The Kier molecular flexibility index (Phi) is 5.50. The summed E-state index contributed by atoms with van der Waals surface area (Å²) < 4.78 is 26.3. The number of nitrogens with one attached hydrogen (secondary N) is 2. The maximum atomic E-state index is 12.3. The number of carbonyl (C=O) groups excluding carboxylic acids is 2. The van der Waals surface area contributed by atoms with Crippen LogP contribution >= 0.6 is 0 Å². The lowest BCUT2D eigenvalue weighted by Gasteiger charge is -2.17. The Morgan fingerprint density at radius 2 is 1.77 bits per heavy atom. The highest BCUT2D eigenvalue weighted by Gasteiger charge is 2.25. The smallest absolute Gasteiger partial charge is 0.332 e. The molecule has 142 valence electrons. The molecule has 0 saturated carbocycles. The van der Waals surface area contributed by atoms with Crippen molar-refractivity contribution < 1.29 is 18.0 Å². The van der Waals surface area contributed by atoms with Crippen molar-refractivity contribution in [1.29, 1.82) is 0 Å². The van der Waals surface area contributed by atoms with E-state index in [4.69, 9.17) is 0 Å². The van der Waals surface area contributed by atoms with Gasteiger partial charge in [-0.2, -0.15) is 0 Å². The SMILES string of the molecule is CN(C=O)CCCS(=O)(=O)NC(=O)Nc1c2c(cc3c1CCC3)CCC2. The number of benzene rings is 1.